The largest absolute Gasteiger partial charge is 0.416 e. The number of rotatable bonds is 5. The molecule has 0 aliphatic heterocycles. The summed E-state index contributed by atoms with van der Waals surface area (Å²) in [5, 5.41) is 2.93. The minimum absolute atomic E-state index is 0.0410. The molecule has 0 unspecified atom stereocenters. The Morgan fingerprint density at radius 3 is 2.26 bits per heavy atom. The fourth-order valence-electron chi connectivity index (χ4n) is 2.23. The predicted octanol–water partition coefficient (Wildman–Crippen LogP) is 3.49. The molecule has 1 N–H and O–H groups in total. The van der Waals surface area contributed by atoms with Crippen LogP contribution < -0.4 is 5.32 Å². The van der Waals surface area contributed by atoms with Crippen molar-refractivity contribution in [3.05, 3.63) is 53.7 Å². The highest BCUT2D eigenvalue weighted by atomic mass is 19.4. The fourth-order valence-corrected chi connectivity index (χ4v) is 2.23. The van der Waals surface area contributed by atoms with Crippen LogP contribution in [0, 0.1) is 0 Å². The minimum Gasteiger partial charge on any atom is -0.310 e. The van der Waals surface area contributed by atoms with E-state index in [1.54, 1.807) is 19.3 Å². The number of pyridine rings is 1. The van der Waals surface area contributed by atoms with Crippen LogP contribution in [0.25, 0.3) is 11.3 Å². The van der Waals surface area contributed by atoms with Crippen molar-refractivity contribution in [3.8, 4) is 11.3 Å². The Balaban J connectivity index is 2.15. The van der Waals surface area contributed by atoms with Crippen LogP contribution >= 0.6 is 0 Å². The smallest absolute Gasteiger partial charge is 0.310 e. The summed E-state index contributed by atoms with van der Waals surface area (Å²) < 4.78 is 37.6. The van der Waals surface area contributed by atoms with Gasteiger partial charge < -0.3 is 5.32 Å². The van der Waals surface area contributed by atoms with E-state index in [0.717, 1.165) is 17.7 Å². The highest BCUT2D eigenvalue weighted by molar-refractivity contribution is 5.81. The maximum Gasteiger partial charge on any atom is 0.416 e. The number of Topliss-reactive ketones (excluding diaryl/α,β-unsaturated/α-hetero) is 1. The van der Waals surface area contributed by atoms with Crippen LogP contribution in [-0.4, -0.2) is 23.9 Å². The van der Waals surface area contributed by atoms with Crippen LogP contribution in [0.3, 0.4) is 0 Å². The van der Waals surface area contributed by atoms with E-state index in [1.807, 2.05) is 6.07 Å². The van der Waals surface area contributed by atoms with Crippen LogP contribution in [0.5, 0.6) is 0 Å². The van der Waals surface area contributed by atoms with Crippen molar-refractivity contribution < 1.29 is 18.0 Å². The molecule has 0 amide bonds. The topological polar surface area (TPSA) is 42.0 Å². The molecule has 2 rings (SSSR count). The third-order valence-electron chi connectivity index (χ3n) is 3.61. The van der Waals surface area contributed by atoms with Crippen LogP contribution in [0.2, 0.25) is 0 Å². The Kier molecular flexibility index (Phi) is 5.15. The van der Waals surface area contributed by atoms with Gasteiger partial charge in [-0.3, -0.25) is 9.78 Å². The van der Waals surface area contributed by atoms with E-state index in [2.05, 4.69) is 10.3 Å². The number of alkyl halides is 3. The van der Waals surface area contributed by atoms with E-state index in [0.29, 0.717) is 17.7 Å². The first-order chi connectivity index (χ1) is 10.8. The number of hydrogen-bond acceptors (Lipinski definition) is 3. The van der Waals surface area contributed by atoms with Crippen LogP contribution in [0.1, 0.15) is 18.1 Å². The van der Waals surface area contributed by atoms with Crippen molar-refractivity contribution in [2.24, 2.45) is 0 Å². The van der Waals surface area contributed by atoms with Gasteiger partial charge in [0.1, 0.15) is 5.78 Å². The lowest BCUT2D eigenvalue weighted by Gasteiger charge is -2.12. The van der Waals surface area contributed by atoms with Gasteiger partial charge in [-0.15, -0.1) is 0 Å². The molecule has 1 atom stereocenters. The quantitative estimate of drug-likeness (QED) is 0.916. The predicted molar refractivity (Wildman–Crippen MR) is 81.9 cm³/mol. The molecule has 0 saturated carbocycles. The molecule has 0 radical (unpaired) electrons. The van der Waals surface area contributed by atoms with E-state index in [1.165, 1.54) is 19.1 Å². The summed E-state index contributed by atoms with van der Waals surface area (Å²) in [4.78, 5) is 15.7. The van der Waals surface area contributed by atoms with Gasteiger partial charge in [0, 0.05) is 11.8 Å². The SMILES string of the molecule is CN[C@@H](Cc1ccc(-c2ccc(C(F)(F)F)cc2)nc1)C(C)=O. The van der Waals surface area contributed by atoms with Crippen molar-refractivity contribution >= 4 is 5.78 Å². The summed E-state index contributed by atoms with van der Waals surface area (Å²) in [5.74, 6) is 0.0410. The zero-order valence-corrected chi connectivity index (χ0v) is 12.8. The van der Waals surface area contributed by atoms with E-state index in [9.17, 15) is 18.0 Å². The molecule has 2 aromatic rings. The van der Waals surface area contributed by atoms with E-state index >= 15 is 0 Å². The second-order valence-corrected chi connectivity index (χ2v) is 5.28. The van der Waals surface area contributed by atoms with Crippen molar-refractivity contribution in [2.75, 3.05) is 7.05 Å². The van der Waals surface area contributed by atoms with Crippen molar-refractivity contribution in [1.82, 2.24) is 10.3 Å². The summed E-state index contributed by atoms with van der Waals surface area (Å²) in [6.07, 6.45) is -2.18. The lowest BCUT2D eigenvalue weighted by atomic mass is 10.0. The number of likely N-dealkylation sites (N-methyl/N-ethyl adjacent to an activating group) is 1. The molecule has 23 heavy (non-hydrogen) atoms. The van der Waals surface area contributed by atoms with Crippen molar-refractivity contribution in [2.45, 2.75) is 25.6 Å². The Morgan fingerprint density at radius 2 is 1.83 bits per heavy atom. The first kappa shape index (κ1) is 17.1. The Bertz CT molecular complexity index is 664. The molecule has 0 saturated heterocycles. The second kappa shape index (κ2) is 6.91. The van der Waals surface area contributed by atoms with Crippen LogP contribution in [0.4, 0.5) is 13.2 Å². The highest BCUT2D eigenvalue weighted by Crippen LogP contribution is 2.30. The van der Waals surface area contributed by atoms with Gasteiger partial charge in [-0.25, -0.2) is 0 Å². The Morgan fingerprint density at radius 1 is 1.17 bits per heavy atom. The van der Waals surface area contributed by atoms with E-state index in [-0.39, 0.29) is 11.8 Å². The van der Waals surface area contributed by atoms with Gasteiger partial charge in [0.05, 0.1) is 17.3 Å². The maximum atomic E-state index is 12.5. The van der Waals surface area contributed by atoms with E-state index in [4.69, 9.17) is 0 Å². The average molecular weight is 322 g/mol. The number of ketones is 1. The molecule has 1 aromatic heterocycles. The van der Waals surface area contributed by atoms with Crippen molar-refractivity contribution in [1.29, 1.82) is 0 Å². The molecule has 0 fully saturated rings. The monoisotopic (exact) mass is 322 g/mol. The number of carbonyl (C=O) groups is 1. The molecule has 122 valence electrons. The first-order valence-corrected chi connectivity index (χ1v) is 7.11. The minimum atomic E-state index is -4.34. The van der Waals surface area contributed by atoms with E-state index < -0.39 is 11.7 Å². The van der Waals surface area contributed by atoms with Gasteiger partial charge in [-0.1, -0.05) is 18.2 Å². The molecular formula is C17H17F3N2O. The number of carbonyl (C=O) groups excluding carboxylic acids is 1. The molecular weight excluding hydrogens is 305 g/mol. The maximum absolute atomic E-state index is 12.5. The molecule has 0 spiro atoms. The summed E-state index contributed by atoms with van der Waals surface area (Å²) in [6.45, 7) is 1.52. The molecule has 0 bridgehead atoms. The van der Waals surface area contributed by atoms with Gasteiger partial charge in [-0.2, -0.15) is 13.2 Å². The van der Waals surface area contributed by atoms with Gasteiger partial charge >= 0.3 is 6.18 Å². The zero-order valence-electron chi connectivity index (χ0n) is 12.8. The molecule has 0 aliphatic carbocycles. The summed E-state index contributed by atoms with van der Waals surface area (Å²) in [5.41, 5.74) is 1.40. The number of halogens is 3. The third kappa shape index (κ3) is 4.39. The summed E-state index contributed by atoms with van der Waals surface area (Å²) >= 11 is 0. The van der Waals surface area contributed by atoms with Gasteiger partial charge in [0.25, 0.3) is 0 Å². The molecule has 1 heterocycles. The van der Waals surface area contributed by atoms with Crippen molar-refractivity contribution in [3.63, 3.8) is 0 Å². The Labute approximate surface area is 132 Å². The number of nitrogens with one attached hydrogen (secondary N) is 1. The Hall–Kier alpha value is -2.21. The number of nitrogens with zero attached hydrogens (tertiary/aromatic N) is 1. The summed E-state index contributed by atoms with van der Waals surface area (Å²) in [7, 11) is 1.72. The number of aromatic nitrogens is 1. The summed E-state index contributed by atoms with van der Waals surface area (Å²) in [6, 6.07) is 8.18. The lowest BCUT2D eigenvalue weighted by molar-refractivity contribution is -0.137. The molecule has 1 aromatic carbocycles. The highest BCUT2D eigenvalue weighted by Gasteiger charge is 2.29. The first-order valence-electron chi connectivity index (χ1n) is 7.11. The third-order valence-corrected chi connectivity index (χ3v) is 3.61. The fraction of sp³-hybridized carbons (Fsp3) is 0.294. The zero-order chi connectivity index (χ0) is 17.0. The normalized spacial score (nSPS) is 12.9. The van der Waals surface area contributed by atoms with Gasteiger partial charge in [0.2, 0.25) is 0 Å². The van der Waals surface area contributed by atoms with Crippen LogP contribution in [-0.2, 0) is 17.4 Å². The lowest BCUT2D eigenvalue weighted by Crippen LogP contribution is -2.34. The molecule has 3 nitrogen and oxygen atoms in total. The molecule has 0 aliphatic rings. The second-order valence-electron chi connectivity index (χ2n) is 5.28. The van der Waals surface area contributed by atoms with Gasteiger partial charge in [-0.05, 0) is 44.2 Å². The van der Waals surface area contributed by atoms with Gasteiger partial charge in [0.15, 0.2) is 0 Å². The molecule has 6 heteroatoms. The standard InChI is InChI=1S/C17H17F3N2O/c1-11(23)16(21-2)9-12-3-8-15(22-10-12)13-4-6-14(7-5-13)17(18,19)20/h3-8,10,16,21H,9H2,1-2H3/t16-/m0/s1. The van der Waals surface area contributed by atoms with Crippen LogP contribution in [0.15, 0.2) is 42.6 Å². The number of hydrogen-bond donors (Lipinski definition) is 1. The average Bonchev–Trinajstić information content (AvgIpc) is 2.52. The number of benzene rings is 1.